The molecular formula is C15H23NS. The van der Waals surface area contributed by atoms with Gasteiger partial charge in [0.1, 0.15) is 0 Å². The Hall–Kier alpha value is -0.460. The van der Waals surface area contributed by atoms with Crippen molar-refractivity contribution >= 4 is 17.4 Å². The van der Waals surface area contributed by atoms with Crippen molar-refractivity contribution in [3.05, 3.63) is 11.6 Å². The largest absolute Gasteiger partial charge is 0.229 e. The predicted molar refractivity (Wildman–Crippen MR) is 76.3 cm³/mol. The molecule has 94 valence electrons. The zero-order valence-corrected chi connectivity index (χ0v) is 12.0. The maximum Gasteiger partial charge on any atom is 0.0636 e. The number of hydrogen-bond acceptors (Lipinski definition) is 2. The Morgan fingerprint density at radius 3 is 2.76 bits per heavy atom. The van der Waals surface area contributed by atoms with Crippen LogP contribution in [0.4, 0.5) is 0 Å². The van der Waals surface area contributed by atoms with Crippen molar-refractivity contribution in [3.63, 3.8) is 0 Å². The molecule has 0 aromatic heterocycles. The maximum absolute atomic E-state index is 4.80. The van der Waals surface area contributed by atoms with Crippen molar-refractivity contribution in [1.82, 2.24) is 0 Å². The van der Waals surface area contributed by atoms with Gasteiger partial charge in [-0.1, -0.05) is 25.5 Å². The lowest BCUT2D eigenvalue weighted by Gasteiger charge is -2.44. The summed E-state index contributed by atoms with van der Waals surface area (Å²) in [5.74, 6) is 3.07. The summed E-state index contributed by atoms with van der Waals surface area (Å²) in [5, 5.41) is 2.61. The highest BCUT2D eigenvalue weighted by atomic mass is 32.1. The molecule has 2 rings (SSSR count). The van der Waals surface area contributed by atoms with E-state index in [1.165, 1.54) is 25.7 Å². The van der Waals surface area contributed by atoms with Crippen LogP contribution < -0.4 is 0 Å². The Balaban J connectivity index is 2.25. The Bertz CT molecular complexity index is 352. The normalized spacial score (nSPS) is 37.1. The molecule has 0 radical (unpaired) electrons. The van der Waals surface area contributed by atoms with E-state index in [4.69, 9.17) is 12.2 Å². The number of hydrogen-bond donors (Lipinski definition) is 0. The van der Waals surface area contributed by atoms with Crippen LogP contribution in [0, 0.1) is 23.7 Å². The third kappa shape index (κ3) is 2.69. The lowest BCUT2D eigenvalue weighted by atomic mass is 9.62. The van der Waals surface area contributed by atoms with Crippen LogP contribution in [0.3, 0.4) is 0 Å². The molecule has 0 aromatic rings. The topological polar surface area (TPSA) is 12.4 Å². The number of fused-ring (bicyclic) bond motifs is 1. The Morgan fingerprint density at radius 2 is 2.12 bits per heavy atom. The van der Waals surface area contributed by atoms with Gasteiger partial charge in [-0.2, -0.15) is 0 Å². The molecule has 0 amide bonds. The minimum atomic E-state index is 0.442. The first-order chi connectivity index (χ1) is 8.13. The molecule has 2 aliphatic rings. The third-order valence-electron chi connectivity index (χ3n) is 4.70. The monoisotopic (exact) mass is 249 g/mol. The van der Waals surface area contributed by atoms with E-state index in [0.717, 1.165) is 23.7 Å². The second kappa shape index (κ2) is 5.46. The Morgan fingerprint density at radius 1 is 1.35 bits per heavy atom. The average Bonchev–Trinajstić information content (AvgIpc) is 2.28. The second-order valence-corrected chi connectivity index (χ2v) is 6.25. The molecule has 4 atom stereocenters. The molecule has 0 N–H and O–H groups in total. The molecule has 1 nitrogen and oxygen atoms in total. The van der Waals surface area contributed by atoms with Gasteiger partial charge in [0.05, 0.1) is 11.2 Å². The summed E-state index contributed by atoms with van der Waals surface area (Å²) in [6.45, 7) is 7.00. The van der Waals surface area contributed by atoms with E-state index in [9.17, 15) is 0 Å². The van der Waals surface area contributed by atoms with Crippen LogP contribution in [0.5, 0.6) is 0 Å². The summed E-state index contributed by atoms with van der Waals surface area (Å²) >= 11 is 4.80. The van der Waals surface area contributed by atoms with E-state index in [2.05, 4.69) is 37.0 Å². The highest BCUT2D eigenvalue weighted by Crippen LogP contribution is 2.46. The van der Waals surface area contributed by atoms with Gasteiger partial charge in [-0.05, 0) is 68.5 Å². The van der Waals surface area contributed by atoms with Crippen LogP contribution in [-0.2, 0) is 0 Å². The van der Waals surface area contributed by atoms with Crippen LogP contribution in [-0.4, -0.2) is 11.2 Å². The second-order valence-electron chi connectivity index (χ2n) is 6.07. The molecule has 0 aromatic carbocycles. The van der Waals surface area contributed by atoms with Gasteiger partial charge in [0.15, 0.2) is 0 Å². The summed E-state index contributed by atoms with van der Waals surface area (Å²) in [4.78, 5) is 4.42. The standard InChI is InChI=1S/C15H23NS/c1-10(2)12-6-7-15(16-9-17)13-5-4-11(3)8-14(12)13/h8,10,12-15H,4-7H2,1-3H3/t12-,13-,14+,15+/m0/s1. The number of aliphatic imine (C=N–C) groups is 1. The number of allylic oxidation sites excluding steroid dienone is 2. The summed E-state index contributed by atoms with van der Waals surface area (Å²) in [7, 11) is 0. The molecule has 0 aliphatic heterocycles. The smallest absolute Gasteiger partial charge is 0.0636 e. The van der Waals surface area contributed by atoms with Crippen molar-refractivity contribution in [2.75, 3.05) is 0 Å². The van der Waals surface area contributed by atoms with Gasteiger partial charge in [0.25, 0.3) is 0 Å². The minimum Gasteiger partial charge on any atom is -0.229 e. The van der Waals surface area contributed by atoms with Crippen molar-refractivity contribution in [2.45, 2.75) is 52.5 Å². The number of isothiocyanates is 1. The zero-order valence-electron chi connectivity index (χ0n) is 11.1. The number of thiocarbonyl (C=S) groups is 1. The quantitative estimate of drug-likeness (QED) is 0.399. The molecule has 0 unspecified atom stereocenters. The number of rotatable bonds is 2. The van der Waals surface area contributed by atoms with E-state index in [-0.39, 0.29) is 0 Å². The van der Waals surface area contributed by atoms with E-state index >= 15 is 0 Å². The molecule has 1 saturated carbocycles. The van der Waals surface area contributed by atoms with Gasteiger partial charge >= 0.3 is 0 Å². The molecule has 17 heavy (non-hydrogen) atoms. The van der Waals surface area contributed by atoms with Crippen molar-refractivity contribution < 1.29 is 0 Å². The molecular weight excluding hydrogens is 226 g/mol. The van der Waals surface area contributed by atoms with Gasteiger partial charge in [0.2, 0.25) is 0 Å². The molecule has 1 fully saturated rings. The van der Waals surface area contributed by atoms with Crippen LogP contribution >= 0.6 is 12.2 Å². The van der Waals surface area contributed by atoms with Gasteiger partial charge in [-0.25, -0.2) is 4.99 Å². The molecule has 0 spiro atoms. The van der Waals surface area contributed by atoms with Gasteiger partial charge < -0.3 is 0 Å². The summed E-state index contributed by atoms with van der Waals surface area (Å²) in [6, 6.07) is 0.442. The molecule has 0 saturated heterocycles. The summed E-state index contributed by atoms with van der Waals surface area (Å²) in [5.41, 5.74) is 1.57. The highest BCUT2D eigenvalue weighted by molar-refractivity contribution is 7.78. The van der Waals surface area contributed by atoms with Crippen molar-refractivity contribution in [3.8, 4) is 0 Å². The summed E-state index contributed by atoms with van der Waals surface area (Å²) in [6.07, 6.45) is 7.58. The van der Waals surface area contributed by atoms with Crippen molar-refractivity contribution in [1.29, 1.82) is 0 Å². The lowest BCUT2D eigenvalue weighted by Crippen LogP contribution is -2.39. The van der Waals surface area contributed by atoms with Crippen LogP contribution in [0.25, 0.3) is 0 Å². The lowest BCUT2D eigenvalue weighted by molar-refractivity contribution is 0.117. The molecule has 2 heteroatoms. The number of nitrogens with zero attached hydrogens (tertiary/aromatic N) is 1. The maximum atomic E-state index is 4.80. The van der Waals surface area contributed by atoms with Gasteiger partial charge in [-0.15, -0.1) is 0 Å². The minimum absolute atomic E-state index is 0.442. The Labute approximate surface area is 110 Å². The van der Waals surface area contributed by atoms with Crippen molar-refractivity contribution in [2.24, 2.45) is 28.7 Å². The highest BCUT2D eigenvalue weighted by Gasteiger charge is 2.40. The van der Waals surface area contributed by atoms with Gasteiger partial charge in [0, 0.05) is 0 Å². The Kier molecular flexibility index (Phi) is 4.17. The fraction of sp³-hybridized carbons (Fsp3) is 0.800. The molecule has 0 heterocycles. The SMILES string of the molecule is CC1=C[C@H]2[C@H](CC1)[C@H](N=C=S)CC[C@H]2C(C)C. The first kappa shape index (κ1) is 13.0. The van der Waals surface area contributed by atoms with Crippen LogP contribution in [0.15, 0.2) is 16.6 Å². The van der Waals surface area contributed by atoms with Crippen LogP contribution in [0.2, 0.25) is 0 Å². The van der Waals surface area contributed by atoms with E-state index in [1.54, 1.807) is 5.57 Å². The first-order valence-corrected chi connectivity index (χ1v) is 7.28. The molecule has 0 bridgehead atoms. The third-order valence-corrected chi connectivity index (χ3v) is 4.81. The van der Waals surface area contributed by atoms with E-state index in [1.807, 2.05) is 0 Å². The predicted octanol–water partition coefficient (Wildman–Crippen LogP) is 4.50. The summed E-state index contributed by atoms with van der Waals surface area (Å²) < 4.78 is 0. The fourth-order valence-electron chi connectivity index (χ4n) is 3.79. The average molecular weight is 249 g/mol. The van der Waals surface area contributed by atoms with E-state index in [0.29, 0.717) is 6.04 Å². The van der Waals surface area contributed by atoms with Crippen LogP contribution in [0.1, 0.15) is 46.5 Å². The molecule has 2 aliphatic carbocycles. The first-order valence-electron chi connectivity index (χ1n) is 6.87. The zero-order chi connectivity index (χ0) is 12.4. The van der Waals surface area contributed by atoms with E-state index < -0.39 is 0 Å². The fourth-order valence-corrected chi connectivity index (χ4v) is 3.92. The van der Waals surface area contributed by atoms with Gasteiger partial charge in [-0.3, -0.25) is 0 Å².